The monoisotopic (exact) mass is 296 g/mol. The second-order valence-corrected chi connectivity index (χ2v) is 4.89. The molecule has 0 fully saturated rings. The van der Waals surface area contributed by atoms with E-state index in [0.29, 0.717) is 22.3 Å². The molecule has 6 heteroatoms. The molecule has 0 saturated heterocycles. The molecule has 0 radical (unpaired) electrons. The Balaban J connectivity index is 1.71. The summed E-state index contributed by atoms with van der Waals surface area (Å²) < 4.78 is 13.0. The summed E-state index contributed by atoms with van der Waals surface area (Å²) >= 11 is 12.0. The zero-order valence-electron chi connectivity index (χ0n) is 9.79. The van der Waals surface area contributed by atoms with Crippen molar-refractivity contribution >= 4 is 29.0 Å². The first-order valence-corrected chi connectivity index (χ1v) is 6.41. The van der Waals surface area contributed by atoms with Gasteiger partial charge in [-0.25, -0.2) is 4.98 Å². The van der Waals surface area contributed by atoms with Crippen molar-refractivity contribution in [3.63, 3.8) is 0 Å². The third kappa shape index (κ3) is 2.69. The summed E-state index contributed by atoms with van der Waals surface area (Å²) in [6.45, 7) is 0.561. The molecular weight excluding hydrogens is 287 g/mol. The van der Waals surface area contributed by atoms with Crippen LogP contribution in [-0.4, -0.2) is 15.8 Å². The largest absolute Gasteiger partial charge is 0.457 e. The van der Waals surface area contributed by atoms with E-state index in [4.69, 9.17) is 32.7 Å². The zero-order chi connectivity index (χ0) is 13.2. The predicted molar refractivity (Wildman–Crippen MR) is 72.6 cm³/mol. The van der Waals surface area contributed by atoms with E-state index in [1.807, 2.05) is 10.8 Å². The maximum atomic E-state index is 6.12. The molecule has 0 amide bonds. The lowest BCUT2D eigenvalue weighted by molar-refractivity contribution is -0.0271. The maximum Gasteiger partial charge on any atom is 0.258 e. The lowest BCUT2D eigenvalue weighted by atomic mass is 10.2. The molecule has 0 spiro atoms. The molecule has 2 aromatic rings. The summed E-state index contributed by atoms with van der Waals surface area (Å²) in [6.07, 6.45) is 6.45. The van der Waals surface area contributed by atoms with E-state index in [9.17, 15) is 0 Å². The van der Waals surface area contributed by atoms with Crippen LogP contribution >= 0.6 is 23.2 Å². The number of rotatable bonds is 3. The molecule has 0 N–H and O–H groups in total. The van der Waals surface area contributed by atoms with Crippen LogP contribution in [0.1, 0.15) is 5.56 Å². The molecule has 1 aliphatic heterocycles. The van der Waals surface area contributed by atoms with Gasteiger partial charge in [0.15, 0.2) is 5.76 Å². The van der Waals surface area contributed by atoms with Crippen molar-refractivity contribution in [3.05, 3.63) is 58.8 Å². The molecular formula is C13H10Cl2N2O2. The van der Waals surface area contributed by atoms with E-state index in [1.54, 1.807) is 37.0 Å². The van der Waals surface area contributed by atoms with Gasteiger partial charge < -0.3 is 14.0 Å². The third-order valence-electron chi connectivity index (χ3n) is 2.70. The standard InChI is InChI=1S/C13H10Cl2N2O2/c14-9-1-2-10(11(15)5-9)12-7-18-13(19-12)6-17-4-3-16-8-17/h1-5,7-8,13H,6H2. The van der Waals surface area contributed by atoms with Crippen molar-refractivity contribution in [1.82, 2.24) is 9.55 Å². The van der Waals surface area contributed by atoms with Crippen LogP contribution in [0.25, 0.3) is 5.76 Å². The normalized spacial score (nSPS) is 17.8. The molecule has 98 valence electrons. The molecule has 1 aromatic carbocycles. The Morgan fingerprint density at radius 2 is 2.21 bits per heavy atom. The van der Waals surface area contributed by atoms with Gasteiger partial charge in [0.05, 0.1) is 17.9 Å². The third-order valence-corrected chi connectivity index (χ3v) is 3.25. The van der Waals surface area contributed by atoms with Crippen LogP contribution in [0.4, 0.5) is 0 Å². The fraction of sp³-hybridized carbons (Fsp3) is 0.154. The summed E-state index contributed by atoms with van der Waals surface area (Å²) in [4.78, 5) is 3.96. The lowest BCUT2D eigenvalue weighted by Crippen LogP contribution is -2.16. The number of hydrogen-bond acceptors (Lipinski definition) is 3. The lowest BCUT2D eigenvalue weighted by Gasteiger charge is -2.12. The highest BCUT2D eigenvalue weighted by Crippen LogP contribution is 2.31. The van der Waals surface area contributed by atoms with Crippen LogP contribution in [0.15, 0.2) is 43.2 Å². The van der Waals surface area contributed by atoms with E-state index in [2.05, 4.69) is 4.98 Å². The first-order chi connectivity index (χ1) is 9.22. The predicted octanol–water partition coefficient (Wildman–Crippen LogP) is 3.56. The van der Waals surface area contributed by atoms with Gasteiger partial charge in [0.1, 0.15) is 6.26 Å². The van der Waals surface area contributed by atoms with Gasteiger partial charge in [-0.15, -0.1) is 0 Å². The fourth-order valence-corrected chi connectivity index (χ4v) is 2.30. The smallest absolute Gasteiger partial charge is 0.258 e. The Morgan fingerprint density at radius 1 is 1.32 bits per heavy atom. The van der Waals surface area contributed by atoms with Gasteiger partial charge >= 0.3 is 0 Å². The van der Waals surface area contributed by atoms with Crippen molar-refractivity contribution in [3.8, 4) is 0 Å². The highest BCUT2D eigenvalue weighted by molar-refractivity contribution is 6.35. The molecule has 3 rings (SSSR count). The molecule has 0 aliphatic carbocycles. The Morgan fingerprint density at radius 3 is 2.95 bits per heavy atom. The molecule has 4 nitrogen and oxygen atoms in total. The summed E-state index contributed by atoms with van der Waals surface area (Å²) in [5, 5.41) is 1.12. The summed E-state index contributed by atoms with van der Waals surface area (Å²) in [6, 6.07) is 5.24. The van der Waals surface area contributed by atoms with Gasteiger partial charge in [-0.2, -0.15) is 0 Å². The Bertz CT molecular complexity index is 611. The molecule has 1 aliphatic rings. The molecule has 19 heavy (non-hydrogen) atoms. The minimum absolute atomic E-state index is 0.379. The number of hydrogen-bond donors (Lipinski definition) is 0. The van der Waals surface area contributed by atoms with Gasteiger partial charge in [-0.1, -0.05) is 23.2 Å². The highest BCUT2D eigenvalue weighted by Gasteiger charge is 2.22. The van der Waals surface area contributed by atoms with E-state index < -0.39 is 0 Å². The zero-order valence-corrected chi connectivity index (χ0v) is 11.3. The SMILES string of the molecule is Clc1ccc(C2=COC(Cn3ccnc3)O2)c(Cl)c1. The molecule has 1 unspecified atom stereocenters. The Kier molecular flexibility index (Phi) is 3.36. The van der Waals surface area contributed by atoms with E-state index in [0.717, 1.165) is 5.56 Å². The number of halogens is 2. The van der Waals surface area contributed by atoms with Crippen molar-refractivity contribution in [2.75, 3.05) is 0 Å². The van der Waals surface area contributed by atoms with Gasteiger partial charge in [0.25, 0.3) is 6.29 Å². The van der Waals surface area contributed by atoms with Crippen LogP contribution in [0.3, 0.4) is 0 Å². The van der Waals surface area contributed by atoms with Crippen LogP contribution in [0.2, 0.25) is 10.0 Å². The van der Waals surface area contributed by atoms with Crippen molar-refractivity contribution in [2.45, 2.75) is 12.8 Å². The first-order valence-electron chi connectivity index (χ1n) is 5.66. The van der Waals surface area contributed by atoms with Gasteiger partial charge in [-0.05, 0) is 18.2 Å². The minimum Gasteiger partial charge on any atom is -0.457 e. The van der Waals surface area contributed by atoms with Crippen LogP contribution in [0, 0.1) is 0 Å². The average Bonchev–Trinajstić information content (AvgIpc) is 3.01. The van der Waals surface area contributed by atoms with Crippen LogP contribution in [0.5, 0.6) is 0 Å². The summed E-state index contributed by atoms with van der Waals surface area (Å²) in [5.74, 6) is 0.604. The minimum atomic E-state index is -0.379. The quantitative estimate of drug-likeness (QED) is 0.869. The van der Waals surface area contributed by atoms with Gasteiger partial charge in [-0.3, -0.25) is 0 Å². The number of aromatic nitrogens is 2. The van der Waals surface area contributed by atoms with Crippen LogP contribution in [-0.2, 0) is 16.0 Å². The summed E-state index contributed by atoms with van der Waals surface area (Å²) in [5.41, 5.74) is 0.763. The first kappa shape index (κ1) is 12.4. The number of ether oxygens (including phenoxy) is 2. The fourth-order valence-electron chi connectivity index (χ4n) is 1.80. The average molecular weight is 297 g/mol. The number of imidazole rings is 1. The second-order valence-electron chi connectivity index (χ2n) is 4.05. The van der Waals surface area contributed by atoms with E-state index in [1.165, 1.54) is 0 Å². The van der Waals surface area contributed by atoms with Crippen molar-refractivity contribution < 1.29 is 9.47 Å². The van der Waals surface area contributed by atoms with Gasteiger partial charge in [0.2, 0.25) is 0 Å². The molecule has 2 heterocycles. The molecule has 0 saturated carbocycles. The van der Waals surface area contributed by atoms with E-state index in [-0.39, 0.29) is 6.29 Å². The molecule has 1 aromatic heterocycles. The van der Waals surface area contributed by atoms with Crippen LogP contribution < -0.4 is 0 Å². The highest BCUT2D eigenvalue weighted by atomic mass is 35.5. The summed E-state index contributed by atoms with van der Waals surface area (Å²) in [7, 11) is 0. The Hall–Kier alpha value is -1.65. The second kappa shape index (κ2) is 5.15. The topological polar surface area (TPSA) is 36.3 Å². The Labute approximate surface area is 120 Å². The van der Waals surface area contributed by atoms with Gasteiger partial charge in [0, 0.05) is 23.0 Å². The molecule has 1 atom stereocenters. The molecule has 0 bridgehead atoms. The van der Waals surface area contributed by atoms with Crippen molar-refractivity contribution in [2.24, 2.45) is 0 Å². The van der Waals surface area contributed by atoms with E-state index >= 15 is 0 Å². The van der Waals surface area contributed by atoms with Crippen molar-refractivity contribution in [1.29, 1.82) is 0 Å². The number of nitrogens with zero attached hydrogens (tertiary/aromatic N) is 2. The maximum absolute atomic E-state index is 6.12. The number of benzene rings is 1.